The molecule has 0 aliphatic rings. The van der Waals surface area contributed by atoms with Gasteiger partial charge in [-0.2, -0.15) is 0 Å². The molecule has 7 heteroatoms. The standard InChI is InChI=1S/C13H8BrCl2N3S/c1-6-2-9(16)11(4-8(6)15)19-12-10(18-13(19)20)3-7(14)5-17-12/h2-5H,1H3,(H,18,20). The van der Waals surface area contributed by atoms with Crippen LogP contribution in [0.5, 0.6) is 0 Å². The van der Waals surface area contributed by atoms with E-state index < -0.39 is 0 Å². The first-order valence-corrected chi connectivity index (χ1v) is 7.65. The van der Waals surface area contributed by atoms with E-state index >= 15 is 0 Å². The largest absolute Gasteiger partial charge is 0.329 e. The molecule has 102 valence electrons. The van der Waals surface area contributed by atoms with E-state index in [2.05, 4.69) is 25.9 Å². The van der Waals surface area contributed by atoms with Gasteiger partial charge in [0.25, 0.3) is 0 Å². The van der Waals surface area contributed by atoms with Crippen molar-refractivity contribution in [2.75, 3.05) is 0 Å². The molecule has 2 heterocycles. The van der Waals surface area contributed by atoms with Crippen LogP contribution < -0.4 is 0 Å². The molecule has 0 atom stereocenters. The smallest absolute Gasteiger partial charge is 0.184 e. The number of benzene rings is 1. The Balaban J connectivity index is 2.38. The minimum atomic E-state index is 0.521. The predicted molar refractivity (Wildman–Crippen MR) is 88.7 cm³/mol. The number of pyridine rings is 1. The molecule has 0 fully saturated rings. The lowest BCUT2D eigenvalue weighted by atomic mass is 10.2. The SMILES string of the molecule is Cc1cc(Cl)c(-n2c(=S)[nH]c3cc(Br)cnc32)cc1Cl. The number of nitrogens with one attached hydrogen (secondary N) is 1. The summed E-state index contributed by atoms with van der Waals surface area (Å²) in [5.74, 6) is 0. The van der Waals surface area contributed by atoms with Crippen LogP contribution in [0.4, 0.5) is 0 Å². The van der Waals surface area contributed by atoms with Gasteiger partial charge in [-0.25, -0.2) is 4.98 Å². The van der Waals surface area contributed by atoms with Crippen molar-refractivity contribution in [2.45, 2.75) is 6.92 Å². The molecule has 0 saturated carbocycles. The summed E-state index contributed by atoms with van der Waals surface area (Å²) in [6.45, 7) is 1.90. The van der Waals surface area contributed by atoms with Crippen molar-refractivity contribution >= 4 is 62.5 Å². The summed E-state index contributed by atoms with van der Waals surface area (Å²) in [5, 5.41) is 1.21. The van der Waals surface area contributed by atoms with Gasteiger partial charge in [0.15, 0.2) is 10.4 Å². The van der Waals surface area contributed by atoms with Gasteiger partial charge in [0.1, 0.15) is 0 Å². The van der Waals surface area contributed by atoms with Gasteiger partial charge in [-0.1, -0.05) is 23.2 Å². The molecule has 0 aliphatic heterocycles. The third-order valence-electron chi connectivity index (χ3n) is 2.96. The fraction of sp³-hybridized carbons (Fsp3) is 0.0769. The summed E-state index contributed by atoms with van der Waals surface area (Å²) in [4.78, 5) is 7.50. The molecule has 0 saturated heterocycles. The summed E-state index contributed by atoms with van der Waals surface area (Å²) in [6.07, 6.45) is 1.71. The number of aryl methyl sites for hydroxylation is 1. The molecular weight excluding hydrogens is 381 g/mol. The van der Waals surface area contributed by atoms with Crippen LogP contribution in [0.15, 0.2) is 28.9 Å². The Kier molecular flexibility index (Phi) is 3.62. The van der Waals surface area contributed by atoms with Gasteiger partial charge < -0.3 is 4.98 Å². The average molecular weight is 389 g/mol. The van der Waals surface area contributed by atoms with Gasteiger partial charge in [-0.05, 0) is 58.8 Å². The number of hydrogen-bond donors (Lipinski definition) is 1. The normalized spacial score (nSPS) is 11.2. The molecule has 0 unspecified atom stereocenters. The molecule has 0 bridgehead atoms. The van der Waals surface area contributed by atoms with Gasteiger partial charge in [-0.15, -0.1) is 0 Å². The van der Waals surface area contributed by atoms with Crippen LogP contribution in [0.1, 0.15) is 5.56 Å². The molecular formula is C13H8BrCl2N3S. The predicted octanol–water partition coefficient (Wildman–Crippen LogP) is 5.46. The van der Waals surface area contributed by atoms with Crippen LogP contribution in [0.25, 0.3) is 16.9 Å². The van der Waals surface area contributed by atoms with E-state index in [1.807, 2.05) is 19.1 Å². The first kappa shape index (κ1) is 14.1. The van der Waals surface area contributed by atoms with Crippen LogP contribution in [-0.2, 0) is 0 Å². The average Bonchev–Trinajstić information content (AvgIpc) is 2.69. The highest BCUT2D eigenvalue weighted by Gasteiger charge is 2.13. The third-order valence-corrected chi connectivity index (χ3v) is 4.39. The summed E-state index contributed by atoms with van der Waals surface area (Å²) in [6, 6.07) is 5.53. The Morgan fingerprint density at radius 2 is 2.00 bits per heavy atom. The molecule has 0 radical (unpaired) electrons. The fourth-order valence-corrected chi connectivity index (χ4v) is 3.09. The summed E-state index contributed by atoms with van der Waals surface area (Å²) in [5.41, 5.74) is 3.17. The number of hydrogen-bond acceptors (Lipinski definition) is 2. The van der Waals surface area contributed by atoms with Gasteiger partial charge in [-0.3, -0.25) is 4.57 Å². The maximum Gasteiger partial charge on any atom is 0.184 e. The topological polar surface area (TPSA) is 33.6 Å². The van der Waals surface area contributed by atoms with E-state index in [9.17, 15) is 0 Å². The Morgan fingerprint density at radius 1 is 1.25 bits per heavy atom. The van der Waals surface area contributed by atoms with Crippen molar-refractivity contribution < 1.29 is 0 Å². The maximum absolute atomic E-state index is 6.32. The van der Waals surface area contributed by atoms with Gasteiger partial charge in [0.2, 0.25) is 0 Å². The summed E-state index contributed by atoms with van der Waals surface area (Å²) >= 11 is 21.3. The van der Waals surface area contributed by atoms with Gasteiger partial charge >= 0.3 is 0 Å². The minimum Gasteiger partial charge on any atom is -0.329 e. The van der Waals surface area contributed by atoms with E-state index in [-0.39, 0.29) is 0 Å². The monoisotopic (exact) mass is 387 g/mol. The number of aromatic amines is 1. The van der Waals surface area contributed by atoms with Crippen LogP contribution in [0, 0.1) is 11.7 Å². The third kappa shape index (κ3) is 2.29. The molecule has 3 nitrogen and oxygen atoms in total. The Morgan fingerprint density at radius 3 is 2.75 bits per heavy atom. The van der Waals surface area contributed by atoms with E-state index in [1.54, 1.807) is 16.8 Å². The van der Waals surface area contributed by atoms with Crippen LogP contribution in [0.2, 0.25) is 10.0 Å². The second kappa shape index (κ2) is 5.15. The molecule has 1 N–H and O–H groups in total. The number of H-pyrrole nitrogens is 1. The van der Waals surface area contributed by atoms with E-state index in [1.165, 1.54) is 0 Å². The molecule has 3 aromatic rings. The lowest BCUT2D eigenvalue weighted by Crippen LogP contribution is -1.97. The van der Waals surface area contributed by atoms with E-state index in [0.717, 1.165) is 15.6 Å². The molecule has 20 heavy (non-hydrogen) atoms. The van der Waals surface area contributed by atoms with Crippen molar-refractivity contribution in [3.05, 3.63) is 49.2 Å². The molecule has 2 aromatic heterocycles. The zero-order chi connectivity index (χ0) is 14.4. The van der Waals surface area contributed by atoms with E-state index in [0.29, 0.717) is 26.2 Å². The van der Waals surface area contributed by atoms with Crippen LogP contribution >= 0.6 is 51.3 Å². The first-order valence-electron chi connectivity index (χ1n) is 5.69. The molecule has 0 spiro atoms. The molecule has 1 aromatic carbocycles. The highest BCUT2D eigenvalue weighted by Crippen LogP contribution is 2.30. The summed E-state index contributed by atoms with van der Waals surface area (Å²) in [7, 11) is 0. The lowest BCUT2D eigenvalue weighted by Gasteiger charge is -2.09. The minimum absolute atomic E-state index is 0.521. The van der Waals surface area contributed by atoms with Crippen molar-refractivity contribution in [3.63, 3.8) is 0 Å². The summed E-state index contributed by atoms with van der Waals surface area (Å²) < 4.78 is 3.18. The Hall–Kier alpha value is -0.880. The Bertz CT molecular complexity index is 885. The van der Waals surface area contributed by atoms with E-state index in [4.69, 9.17) is 35.4 Å². The maximum atomic E-state index is 6.32. The first-order chi connectivity index (χ1) is 9.47. The number of aromatic nitrogens is 3. The molecule has 0 aliphatic carbocycles. The van der Waals surface area contributed by atoms with Crippen molar-refractivity contribution in [1.82, 2.24) is 14.5 Å². The number of fused-ring (bicyclic) bond motifs is 1. The second-order valence-electron chi connectivity index (χ2n) is 4.34. The second-order valence-corrected chi connectivity index (χ2v) is 6.46. The highest BCUT2D eigenvalue weighted by molar-refractivity contribution is 9.10. The zero-order valence-corrected chi connectivity index (χ0v) is 14.2. The van der Waals surface area contributed by atoms with Crippen molar-refractivity contribution in [3.8, 4) is 5.69 Å². The van der Waals surface area contributed by atoms with Gasteiger partial charge in [0.05, 0.1) is 16.2 Å². The highest BCUT2D eigenvalue weighted by atomic mass is 79.9. The molecule has 3 rings (SSSR count). The fourth-order valence-electron chi connectivity index (χ4n) is 2.00. The number of rotatable bonds is 1. The number of nitrogens with zero attached hydrogens (tertiary/aromatic N) is 2. The Labute approximate surface area is 138 Å². The quantitative estimate of drug-likeness (QED) is 0.561. The van der Waals surface area contributed by atoms with Crippen LogP contribution in [0.3, 0.4) is 0 Å². The van der Waals surface area contributed by atoms with Crippen LogP contribution in [-0.4, -0.2) is 14.5 Å². The zero-order valence-electron chi connectivity index (χ0n) is 10.2. The number of imidazole rings is 1. The van der Waals surface area contributed by atoms with Gasteiger partial charge in [0, 0.05) is 15.7 Å². The van der Waals surface area contributed by atoms with Crippen molar-refractivity contribution in [1.29, 1.82) is 0 Å². The van der Waals surface area contributed by atoms with Crippen molar-refractivity contribution in [2.24, 2.45) is 0 Å². The molecule has 0 amide bonds. The lowest BCUT2D eigenvalue weighted by molar-refractivity contribution is 1.04. The number of halogens is 3.